The number of anilines is 1. The highest BCUT2D eigenvalue weighted by molar-refractivity contribution is 5.94. The van der Waals surface area contributed by atoms with Gasteiger partial charge in [-0.1, -0.05) is 6.92 Å². The van der Waals surface area contributed by atoms with Gasteiger partial charge >= 0.3 is 0 Å². The molecule has 0 fully saturated rings. The monoisotopic (exact) mass is 237 g/mol. The number of carbonyl (C=O) groups excluding carboxylic acids is 1. The number of aryl methyl sites for hydroxylation is 1. The summed E-state index contributed by atoms with van der Waals surface area (Å²) in [6.45, 7) is 3.05. The predicted molar refractivity (Wildman–Crippen MR) is 66.9 cm³/mol. The maximum Gasteiger partial charge on any atom is 0.253 e. The van der Waals surface area contributed by atoms with Gasteiger partial charge in [0.2, 0.25) is 0 Å². The molecule has 0 unspecified atom stereocenters. The molecule has 5 heteroatoms. The van der Waals surface area contributed by atoms with Crippen molar-refractivity contribution in [2.45, 2.75) is 13.3 Å². The lowest BCUT2D eigenvalue weighted by atomic mass is 10.1. The maximum absolute atomic E-state index is 12.1. The molecule has 1 aromatic heterocycles. The molecule has 0 atom stereocenters. The Morgan fingerprint density at radius 3 is 2.82 bits per heavy atom. The molecule has 0 saturated carbocycles. The fourth-order valence-electron chi connectivity index (χ4n) is 1.47. The van der Waals surface area contributed by atoms with Crippen LogP contribution in [0.2, 0.25) is 0 Å². The second kappa shape index (κ2) is 6.20. The summed E-state index contributed by atoms with van der Waals surface area (Å²) in [6, 6.07) is 3.38. The maximum atomic E-state index is 12.1. The summed E-state index contributed by atoms with van der Waals surface area (Å²) >= 11 is 0. The van der Waals surface area contributed by atoms with Gasteiger partial charge in [0.25, 0.3) is 5.91 Å². The summed E-state index contributed by atoms with van der Waals surface area (Å²) in [6.07, 6.45) is 0.757. The van der Waals surface area contributed by atoms with Crippen molar-refractivity contribution in [1.82, 2.24) is 9.88 Å². The van der Waals surface area contributed by atoms with Crippen molar-refractivity contribution in [1.29, 1.82) is 0 Å². The average Bonchev–Trinajstić information content (AvgIpc) is 2.34. The number of ether oxygens (including phenoxy) is 1. The molecule has 0 radical (unpaired) electrons. The first-order valence-corrected chi connectivity index (χ1v) is 5.59. The molecule has 1 rings (SSSR count). The zero-order valence-electron chi connectivity index (χ0n) is 10.6. The fourth-order valence-corrected chi connectivity index (χ4v) is 1.47. The smallest absolute Gasteiger partial charge is 0.253 e. The van der Waals surface area contributed by atoms with Crippen LogP contribution in [0, 0.1) is 0 Å². The van der Waals surface area contributed by atoms with Crippen LogP contribution in [-0.4, -0.2) is 43.1 Å². The number of methoxy groups -OCH3 is 1. The second-order valence-electron chi connectivity index (χ2n) is 3.85. The van der Waals surface area contributed by atoms with Crippen LogP contribution < -0.4 is 5.73 Å². The molecule has 5 nitrogen and oxygen atoms in total. The van der Waals surface area contributed by atoms with E-state index in [1.54, 1.807) is 31.2 Å². The summed E-state index contributed by atoms with van der Waals surface area (Å²) < 4.78 is 4.94. The molecular weight excluding hydrogens is 218 g/mol. The van der Waals surface area contributed by atoms with E-state index in [9.17, 15) is 4.79 Å². The number of amides is 1. The Bertz CT molecular complexity index is 393. The number of nitrogen functional groups attached to an aromatic ring is 1. The van der Waals surface area contributed by atoms with Gasteiger partial charge in [-0.3, -0.25) is 4.79 Å². The molecule has 1 amide bonds. The Hall–Kier alpha value is -1.62. The molecule has 2 N–H and O–H groups in total. The van der Waals surface area contributed by atoms with E-state index in [0.717, 1.165) is 12.1 Å². The lowest BCUT2D eigenvalue weighted by molar-refractivity contribution is 0.0744. The van der Waals surface area contributed by atoms with Crippen molar-refractivity contribution < 1.29 is 9.53 Å². The van der Waals surface area contributed by atoms with Crippen LogP contribution in [0.15, 0.2) is 12.1 Å². The van der Waals surface area contributed by atoms with Crippen LogP contribution in [0.4, 0.5) is 5.82 Å². The minimum Gasteiger partial charge on any atom is -0.384 e. The Morgan fingerprint density at radius 2 is 2.24 bits per heavy atom. The van der Waals surface area contributed by atoms with Crippen LogP contribution in [0.5, 0.6) is 0 Å². The first-order valence-electron chi connectivity index (χ1n) is 5.59. The van der Waals surface area contributed by atoms with Crippen LogP contribution in [0.25, 0.3) is 0 Å². The van der Waals surface area contributed by atoms with Gasteiger partial charge in [0.1, 0.15) is 5.82 Å². The molecule has 0 aliphatic carbocycles. The third kappa shape index (κ3) is 3.71. The number of nitrogens with zero attached hydrogens (tertiary/aromatic N) is 2. The van der Waals surface area contributed by atoms with Gasteiger partial charge in [0.15, 0.2) is 0 Å². The van der Waals surface area contributed by atoms with Crippen molar-refractivity contribution in [3.8, 4) is 0 Å². The molecule has 1 aromatic rings. The van der Waals surface area contributed by atoms with Gasteiger partial charge in [-0.05, 0) is 18.6 Å². The Kier molecular flexibility index (Phi) is 4.90. The largest absolute Gasteiger partial charge is 0.384 e. The van der Waals surface area contributed by atoms with Gasteiger partial charge in [-0.15, -0.1) is 0 Å². The van der Waals surface area contributed by atoms with Gasteiger partial charge in [-0.25, -0.2) is 4.98 Å². The Morgan fingerprint density at radius 1 is 1.53 bits per heavy atom. The normalized spacial score (nSPS) is 10.3. The van der Waals surface area contributed by atoms with E-state index < -0.39 is 0 Å². The van der Waals surface area contributed by atoms with E-state index >= 15 is 0 Å². The van der Waals surface area contributed by atoms with E-state index in [0.29, 0.717) is 24.5 Å². The first-order chi connectivity index (χ1) is 8.08. The molecule has 0 spiro atoms. The quantitative estimate of drug-likeness (QED) is 0.827. The van der Waals surface area contributed by atoms with Crippen LogP contribution >= 0.6 is 0 Å². The van der Waals surface area contributed by atoms with Crippen LogP contribution in [0.3, 0.4) is 0 Å². The molecule has 17 heavy (non-hydrogen) atoms. The minimum absolute atomic E-state index is 0.0640. The Labute approximate surface area is 102 Å². The van der Waals surface area contributed by atoms with Crippen LogP contribution in [-0.2, 0) is 11.2 Å². The highest BCUT2D eigenvalue weighted by Crippen LogP contribution is 2.10. The highest BCUT2D eigenvalue weighted by Gasteiger charge is 2.13. The Balaban J connectivity index is 2.84. The number of aromatic nitrogens is 1. The molecule has 1 heterocycles. The molecule has 0 aromatic carbocycles. The minimum atomic E-state index is -0.0640. The lowest BCUT2D eigenvalue weighted by Gasteiger charge is -2.17. The molecular formula is C12H19N3O2. The third-order valence-corrected chi connectivity index (χ3v) is 2.48. The summed E-state index contributed by atoms with van der Waals surface area (Å²) in [5.74, 6) is 0.318. The standard InChI is InChI=1S/C12H19N3O2/c1-4-10-7-9(8-11(13)14-10)12(16)15(2)5-6-17-3/h7-8H,4-6H2,1-3H3,(H2,13,14). The van der Waals surface area contributed by atoms with Gasteiger partial charge in [0.05, 0.1) is 6.61 Å². The number of nitrogens with two attached hydrogens (primary N) is 1. The summed E-state index contributed by atoms with van der Waals surface area (Å²) in [4.78, 5) is 17.8. The number of hydrogen-bond donors (Lipinski definition) is 1. The SMILES string of the molecule is CCc1cc(C(=O)N(C)CCOC)cc(N)n1. The van der Waals surface area contributed by atoms with Crippen molar-refractivity contribution in [2.24, 2.45) is 0 Å². The lowest BCUT2D eigenvalue weighted by Crippen LogP contribution is -2.30. The number of carbonyl (C=O) groups is 1. The van der Waals surface area contributed by atoms with Crippen molar-refractivity contribution in [3.05, 3.63) is 23.4 Å². The number of pyridine rings is 1. The van der Waals surface area contributed by atoms with E-state index in [2.05, 4.69) is 4.98 Å². The van der Waals surface area contributed by atoms with Crippen molar-refractivity contribution in [2.75, 3.05) is 33.0 Å². The van der Waals surface area contributed by atoms with Gasteiger partial charge in [0, 0.05) is 32.0 Å². The average molecular weight is 237 g/mol. The third-order valence-electron chi connectivity index (χ3n) is 2.48. The fraction of sp³-hybridized carbons (Fsp3) is 0.500. The first kappa shape index (κ1) is 13.4. The van der Waals surface area contributed by atoms with Crippen molar-refractivity contribution >= 4 is 11.7 Å². The predicted octanol–water partition coefficient (Wildman–Crippen LogP) is 0.945. The van der Waals surface area contributed by atoms with Gasteiger partial charge < -0.3 is 15.4 Å². The molecule has 0 saturated heterocycles. The van der Waals surface area contributed by atoms with E-state index in [-0.39, 0.29) is 5.91 Å². The molecule has 0 aliphatic rings. The summed E-state index contributed by atoms with van der Waals surface area (Å²) in [5.41, 5.74) is 7.07. The molecule has 94 valence electrons. The summed E-state index contributed by atoms with van der Waals surface area (Å²) in [7, 11) is 3.35. The molecule has 0 aliphatic heterocycles. The van der Waals surface area contributed by atoms with Crippen LogP contribution in [0.1, 0.15) is 23.0 Å². The van der Waals surface area contributed by atoms with E-state index in [1.807, 2.05) is 6.92 Å². The number of likely N-dealkylation sites (N-methyl/N-ethyl adjacent to an activating group) is 1. The topological polar surface area (TPSA) is 68.5 Å². The number of rotatable bonds is 5. The molecule has 0 bridgehead atoms. The second-order valence-corrected chi connectivity index (χ2v) is 3.85. The zero-order chi connectivity index (χ0) is 12.8. The number of hydrogen-bond acceptors (Lipinski definition) is 4. The highest BCUT2D eigenvalue weighted by atomic mass is 16.5. The summed E-state index contributed by atoms with van der Waals surface area (Å²) in [5, 5.41) is 0. The van der Waals surface area contributed by atoms with Gasteiger partial charge in [-0.2, -0.15) is 0 Å². The van der Waals surface area contributed by atoms with E-state index in [4.69, 9.17) is 10.5 Å². The van der Waals surface area contributed by atoms with E-state index in [1.165, 1.54) is 0 Å². The van der Waals surface area contributed by atoms with Crippen molar-refractivity contribution in [3.63, 3.8) is 0 Å². The zero-order valence-corrected chi connectivity index (χ0v) is 10.6.